The van der Waals surface area contributed by atoms with E-state index in [1.807, 2.05) is 35.2 Å². The Hall–Kier alpha value is -3.22. The molecule has 0 bridgehead atoms. The lowest BCUT2D eigenvalue weighted by atomic mass is 10.2. The van der Waals surface area contributed by atoms with Crippen molar-refractivity contribution in [2.75, 3.05) is 50.0 Å². The van der Waals surface area contributed by atoms with Gasteiger partial charge < -0.3 is 25.8 Å². The predicted molar refractivity (Wildman–Crippen MR) is 133 cm³/mol. The number of carbonyl (C=O) groups excluding carboxylic acids is 1. The Morgan fingerprint density at radius 2 is 1.84 bits per heavy atom. The average molecular weight is 437 g/mol. The maximum absolute atomic E-state index is 12.3. The number of amides is 2. The zero-order valence-electron chi connectivity index (χ0n) is 19.3. The molecule has 0 aliphatic carbocycles. The van der Waals surface area contributed by atoms with Crippen LogP contribution in [0.15, 0.2) is 59.6 Å². The third-order valence-corrected chi connectivity index (χ3v) is 5.66. The first kappa shape index (κ1) is 23.4. The highest BCUT2D eigenvalue weighted by atomic mass is 16.2. The molecule has 0 aromatic heterocycles. The van der Waals surface area contributed by atoms with Crippen molar-refractivity contribution < 1.29 is 4.79 Å². The highest BCUT2D eigenvalue weighted by molar-refractivity contribution is 5.89. The van der Waals surface area contributed by atoms with Crippen LogP contribution in [0.5, 0.6) is 0 Å². The number of carbonyl (C=O) groups is 1. The number of aliphatic imine (C=N–C) groups is 1. The van der Waals surface area contributed by atoms with Gasteiger partial charge in [0.25, 0.3) is 0 Å². The minimum Gasteiger partial charge on any atom is -0.372 e. The van der Waals surface area contributed by atoms with Crippen LogP contribution in [0, 0.1) is 0 Å². The number of para-hydroxylation sites is 1. The fourth-order valence-corrected chi connectivity index (χ4v) is 3.87. The van der Waals surface area contributed by atoms with E-state index in [9.17, 15) is 4.79 Å². The van der Waals surface area contributed by atoms with E-state index < -0.39 is 0 Å². The molecular weight excluding hydrogens is 400 g/mol. The number of nitrogens with zero attached hydrogens (tertiary/aromatic N) is 3. The van der Waals surface area contributed by atoms with Gasteiger partial charge in [0, 0.05) is 57.7 Å². The predicted octanol–water partition coefficient (Wildman–Crippen LogP) is 3.90. The number of nitrogens with one attached hydrogen (secondary N) is 3. The summed E-state index contributed by atoms with van der Waals surface area (Å²) in [6.07, 6.45) is 3.19. The molecule has 0 unspecified atom stereocenters. The summed E-state index contributed by atoms with van der Waals surface area (Å²) in [7, 11) is 1.78. The van der Waals surface area contributed by atoms with Gasteiger partial charge in [-0.05, 0) is 56.0 Å². The third-order valence-electron chi connectivity index (χ3n) is 5.66. The Morgan fingerprint density at radius 3 is 2.56 bits per heavy atom. The number of anilines is 2. The normalized spacial score (nSPS) is 13.7. The van der Waals surface area contributed by atoms with Crippen LogP contribution in [-0.4, -0.2) is 56.7 Å². The van der Waals surface area contributed by atoms with Crippen molar-refractivity contribution in [3.8, 4) is 0 Å². The summed E-state index contributed by atoms with van der Waals surface area (Å²) in [6.45, 7) is 7.33. The number of benzene rings is 2. The summed E-state index contributed by atoms with van der Waals surface area (Å²) < 4.78 is 0. The second-order valence-corrected chi connectivity index (χ2v) is 7.95. The quantitative estimate of drug-likeness (QED) is 0.317. The number of hydrogen-bond donors (Lipinski definition) is 3. The number of urea groups is 1. The van der Waals surface area contributed by atoms with Crippen LogP contribution in [0.1, 0.15) is 31.7 Å². The van der Waals surface area contributed by atoms with Crippen molar-refractivity contribution in [3.63, 3.8) is 0 Å². The molecule has 3 rings (SSSR count). The van der Waals surface area contributed by atoms with E-state index in [-0.39, 0.29) is 6.03 Å². The molecule has 0 atom stereocenters. The molecule has 0 spiro atoms. The van der Waals surface area contributed by atoms with E-state index in [1.165, 1.54) is 5.69 Å². The van der Waals surface area contributed by atoms with Crippen molar-refractivity contribution in [3.05, 3.63) is 60.2 Å². The first-order valence-electron chi connectivity index (χ1n) is 11.6. The van der Waals surface area contributed by atoms with Crippen LogP contribution >= 0.6 is 0 Å². The maximum atomic E-state index is 12.3. The van der Waals surface area contributed by atoms with Crippen LogP contribution in [0.25, 0.3) is 0 Å². The summed E-state index contributed by atoms with van der Waals surface area (Å²) in [4.78, 5) is 20.9. The molecule has 7 nitrogen and oxygen atoms in total. The van der Waals surface area contributed by atoms with Crippen LogP contribution in [0.3, 0.4) is 0 Å². The van der Waals surface area contributed by atoms with Crippen LogP contribution in [0.4, 0.5) is 16.2 Å². The second kappa shape index (κ2) is 12.6. The van der Waals surface area contributed by atoms with E-state index in [4.69, 9.17) is 0 Å². The molecule has 32 heavy (non-hydrogen) atoms. The van der Waals surface area contributed by atoms with Gasteiger partial charge in [0.1, 0.15) is 0 Å². The van der Waals surface area contributed by atoms with Gasteiger partial charge in [-0.3, -0.25) is 4.99 Å². The fourth-order valence-electron chi connectivity index (χ4n) is 3.87. The van der Waals surface area contributed by atoms with Crippen LogP contribution in [-0.2, 0) is 6.54 Å². The Morgan fingerprint density at radius 1 is 1.06 bits per heavy atom. The maximum Gasteiger partial charge on any atom is 0.321 e. The average Bonchev–Trinajstić information content (AvgIpc) is 3.37. The molecule has 7 heteroatoms. The molecule has 2 amide bonds. The molecule has 1 heterocycles. The molecule has 2 aromatic rings. The van der Waals surface area contributed by atoms with E-state index in [0.717, 1.165) is 69.2 Å². The van der Waals surface area contributed by atoms with Crippen LogP contribution in [0.2, 0.25) is 0 Å². The summed E-state index contributed by atoms with van der Waals surface area (Å²) in [5, 5.41) is 9.75. The Balaban J connectivity index is 1.40. The molecule has 2 aromatic carbocycles. The zero-order valence-corrected chi connectivity index (χ0v) is 19.3. The molecule has 1 aliphatic heterocycles. The number of hydrogen-bond acceptors (Lipinski definition) is 3. The van der Waals surface area contributed by atoms with Gasteiger partial charge >= 0.3 is 6.03 Å². The number of rotatable bonds is 9. The number of guanidine groups is 1. The first-order valence-corrected chi connectivity index (χ1v) is 11.6. The van der Waals surface area contributed by atoms with Crippen molar-refractivity contribution in [1.29, 1.82) is 0 Å². The summed E-state index contributed by atoms with van der Waals surface area (Å²) in [5.41, 5.74) is 3.17. The lowest BCUT2D eigenvalue weighted by Crippen LogP contribution is -2.38. The number of likely N-dealkylation sites (tertiary alicyclic amines) is 1. The molecule has 1 saturated heterocycles. The Labute approximate surface area is 191 Å². The minimum absolute atomic E-state index is 0.0123. The third kappa shape index (κ3) is 7.18. The molecule has 0 radical (unpaired) electrons. The van der Waals surface area contributed by atoms with Gasteiger partial charge in [0.2, 0.25) is 0 Å². The molecular formula is C25H36N6O. The monoisotopic (exact) mass is 436 g/mol. The lowest BCUT2D eigenvalue weighted by molar-refractivity contribution is 0.222. The zero-order chi connectivity index (χ0) is 22.6. The molecule has 0 saturated carbocycles. The van der Waals surface area contributed by atoms with Gasteiger partial charge in [0.15, 0.2) is 5.96 Å². The van der Waals surface area contributed by atoms with Crippen molar-refractivity contribution in [1.82, 2.24) is 15.5 Å². The smallest absolute Gasteiger partial charge is 0.321 e. The van der Waals surface area contributed by atoms with E-state index >= 15 is 0 Å². The first-order chi connectivity index (χ1) is 15.7. The molecule has 3 N–H and O–H groups in total. The lowest BCUT2D eigenvalue weighted by Gasteiger charge is -2.23. The molecule has 1 aliphatic rings. The van der Waals surface area contributed by atoms with E-state index in [1.54, 1.807) is 7.05 Å². The SMILES string of the molecule is CCN(CCCNC(=NC)NCc1cccc(NC(=O)N2CCCC2)c1)c1ccccc1. The Kier molecular flexibility index (Phi) is 9.22. The second-order valence-electron chi connectivity index (χ2n) is 7.95. The Bertz CT molecular complexity index is 864. The summed E-state index contributed by atoms with van der Waals surface area (Å²) in [5.74, 6) is 0.777. The topological polar surface area (TPSA) is 72.0 Å². The van der Waals surface area contributed by atoms with E-state index in [2.05, 4.69) is 57.0 Å². The van der Waals surface area contributed by atoms with Crippen molar-refractivity contribution in [2.24, 2.45) is 4.99 Å². The molecule has 172 valence electrons. The highest BCUT2D eigenvalue weighted by Gasteiger charge is 2.17. The molecule has 1 fully saturated rings. The van der Waals surface area contributed by atoms with Gasteiger partial charge in [0.05, 0.1) is 0 Å². The van der Waals surface area contributed by atoms with Crippen LogP contribution < -0.4 is 20.9 Å². The van der Waals surface area contributed by atoms with Gasteiger partial charge in [-0.1, -0.05) is 30.3 Å². The highest BCUT2D eigenvalue weighted by Crippen LogP contribution is 2.14. The summed E-state index contributed by atoms with van der Waals surface area (Å²) >= 11 is 0. The van der Waals surface area contributed by atoms with E-state index in [0.29, 0.717) is 6.54 Å². The minimum atomic E-state index is -0.0123. The fraction of sp³-hybridized carbons (Fsp3) is 0.440. The van der Waals surface area contributed by atoms with Crippen molar-refractivity contribution >= 4 is 23.4 Å². The standard InChI is InChI=1S/C25H36N6O/c1-3-30(23-13-5-4-6-14-23)18-10-15-27-24(26-2)28-20-21-11-9-12-22(19-21)29-25(32)31-16-7-8-17-31/h4-6,9,11-14,19H,3,7-8,10,15-18,20H2,1-2H3,(H,29,32)(H2,26,27,28). The van der Waals surface area contributed by atoms with Gasteiger partial charge in [-0.2, -0.15) is 0 Å². The van der Waals surface area contributed by atoms with Gasteiger partial charge in [-0.25, -0.2) is 4.79 Å². The van der Waals surface area contributed by atoms with Crippen molar-refractivity contribution in [2.45, 2.75) is 32.7 Å². The largest absolute Gasteiger partial charge is 0.372 e. The summed E-state index contributed by atoms with van der Waals surface area (Å²) in [6, 6.07) is 18.4. The van der Waals surface area contributed by atoms with Gasteiger partial charge in [-0.15, -0.1) is 0 Å².